The summed E-state index contributed by atoms with van der Waals surface area (Å²) in [5, 5.41) is 2.63. The summed E-state index contributed by atoms with van der Waals surface area (Å²) in [6.45, 7) is 5.33. The number of aromatic nitrogens is 1. The van der Waals surface area contributed by atoms with Crippen molar-refractivity contribution in [3.8, 4) is 0 Å². The number of hydrogen-bond donors (Lipinski definition) is 1. The van der Waals surface area contributed by atoms with Crippen molar-refractivity contribution in [3.05, 3.63) is 53.2 Å². The van der Waals surface area contributed by atoms with E-state index in [0.717, 1.165) is 17.7 Å². The van der Waals surface area contributed by atoms with E-state index in [1.807, 2.05) is 26.0 Å². The summed E-state index contributed by atoms with van der Waals surface area (Å²) in [6.07, 6.45) is -4.49. The number of fused-ring (bicyclic) bond motifs is 1. The van der Waals surface area contributed by atoms with Gasteiger partial charge in [-0.15, -0.1) is 0 Å². The van der Waals surface area contributed by atoms with E-state index in [1.54, 1.807) is 17.0 Å². The predicted molar refractivity (Wildman–Crippen MR) is 93.4 cm³/mol. The second kappa shape index (κ2) is 6.00. The molecule has 0 bridgehead atoms. The first kappa shape index (κ1) is 18.2. The number of rotatable bonds is 2. The van der Waals surface area contributed by atoms with Crippen molar-refractivity contribution in [2.45, 2.75) is 38.4 Å². The zero-order chi connectivity index (χ0) is 19.3. The summed E-state index contributed by atoms with van der Waals surface area (Å²) in [5.41, 5.74) is 0.453. The average Bonchev–Trinajstić information content (AvgIpc) is 2.81. The van der Waals surface area contributed by atoms with E-state index in [1.165, 1.54) is 14.0 Å². The molecule has 1 atom stereocenters. The molecule has 1 N–H and O–H groups in total. The fourth-order valence-corrected chi connectivity index (χ4v) is 3.61. The minimum absolute atomic E-state index is 0.115. The number of alkyl halides is 3. The molecule has 1 aliphatic rings. The number of likely N-dealkylation sites (N-methyl/N-ethyl adjacent to an activating group) is 1. The van der Waals surface area contributed by atoms with E-state index < -0.39 is 23.2 Å². The van der Waals surface area contributed by atoms with Crippen molar-refractivity contribution in [3.63, 3.8) is 0 Å². The Morgan fingerprint density at radius 3 is 2.50 bits per heavy atom. The molecule has 26 heavy (non-hydrogen) atoms. The van der Waals surface area contributed by atoms with Gasteiger partial charge in [0.05, 0.1) is 5.56 Å². The summed E-state index contributed by atoms with van der Waals surface area (Å²) in [6, 6.07) is 8.65. The molecular formula is C19H20F3N3O. The number of amides is 1. The highest BCUT2D eigenvalue weighted by Gasteiger charge is 2.49. The zero-order valence-electron chi connectivity index (χ0n) is 15.0. The van der Waals surface area contributed by atoms with Gasteiger partial charge in [0.2, 0.25) is 5.91 Å². The smallest absolute Gasteiger partial charge is 0.357 e. The van der Waals surface area contributed by atoms with E-state index in [4.69, 9.17) is 0 Å². The van der Waals surface area contributed by atoms with Gasteiger partial charge in [-0.1, -0.05) is 32.0 Å². The molecule has 138 valence electrons. The SMILES string of the molecule is CNC(=O)C1N(c2cc(C(F)(F)F)cc(C)n2)c2ccccc2C1(C)C. The normalized spacial score (nSPS) is 18.6. The van der Waals surface area contributed by atoms with Crippen LogP contribution in [0.25, 0.3) is 0 Å². The molecule has 0 aliphatic carbocycles. The lowest BCUT2D eigenvalue weighted by atomic mass is 9.80. The van der Waals surface area contributed by atoms with Crippen LogP contribution in [0.15, 0.2) is 36.4 Å². The lowest BCUT2D eigenvalue weighted by molar-refractivity contribution is -0.137. The highest BCUT2D eigenvalue weighted by Crippen LogP contribution is 2.48. The maximum absolute atomic E-state index is 13.3. The van der Waals surface area contributed by atoms with Crippen molar-refractivity contribution >= 4 is 17.4 Å². The Hall–Kier alpha value is -2.57. The van der Waals surface area contributed by atoms with Gasteiger partial charge in [-0.25, -0.2) is 4.98 Å². The Bertz CT molecular complexity index is 861. The molecule has 7 heteroatoms. The molecule has 0 saturated heterocycles. The highest BCUT2D eigenvalue weighted by molar-refractivity contribution is 5.93. The predicted octanol–water partition coefficient (Wildman–Crippen LogP) is 3.95. The number of hydrogen-bond acceptors (Lipinski definition) is 3. The molecule has 0 radical (unpaired) electrons. The number of carbonyl (C=O) groups is 1. The number of anilines is 2. The number of benzene rings is 1. The molecule has 1 aromatic heterocycles. The summed E-state index contributed by atoms with van der Waals surface area (Å²) in [7, 11) is 1.52. The minimum Gasteiger partial charge on any atom is -0.357 e. The number of nitrogens with zero attached hydrogens (tertiary/aromatic N) is 2. The van der Waals surface area contributed by atoms with Crippen molar-refractivity contribution in [2.24, 2.45) is 0 Å². The van der Waals surface area contributed by atoms with Gasteiger partial charge in [0.1, 0.15) is 11.9 Å². The van der Waals surface area contributed by atoms with Crippen molar-refractivity contribution in [2.75, 3.05) is 11.9 Å². The number of para-hydroxylation sites is 1. The second-order valence-corrected chi connectivity index (χ2v) is 6.98. The molecule has 1 unspecified atom stereocenters. The molecule has 1 amide bonds. The van der Waals surface area contributed by atoms with Crippen molar-refractivity contribution in [1.29, 1.82) is 0 Å². The largest absolute Gasteiger partial charge is 0.416 e. The van der Waals surface area contributed by atoms with E-state index in [0.29, 0.717) is 5.69 Å². The van der Waals surface area contributed by atoms with E-state index in [9.17, 15) is 18.0 Å². The van der Waals surface area contributed by atoms with E-state index in [2.05, 4.69) is 10.3 Å². The van der Waals surface area contributed by atoms with Gasteiger partial charge in [0.15, 0.2) is 0 Å². The molecule has 2 aromatic rings. The van der Waals surface area contributed by atoms with Crippen LogP contribution in [-0.4, -0.2) is 24.0 Å². The maximum Gasteiger partial charge on any atom is 0.416 e. The van der Waals surface area contributed by atoms with Gasteiger partial charge in [-0.2, -0.15) is 13.2 Å². The Morgan fingerprint density at radius 1 is 1.23 bits per heavy atom. The molecule has 2 heterocycles. The molecular weight excluding hydrogens is 343 g/mol. The fraction of sp³-hybridized carbons (Fsp3) is 0.368. The topological polar surface area (TPSA) is 45.2 Å². The molecule has 3 rings (SSSR count). The monoisotopic (exact) mass is 363 g/mol. The van der Waals surface area contributed by atoms with Crippen LogP contribution in [0.5, 0.6) is 0 Å². The molecule has 1 aromatic carbocycles. The Balaban J connectivity index is 2.25. The average molecular weight is 363 g/mol. The van der Waals surface area contributed by atoms with Gasteiger partial charge < -0.3 is 10.2 Å². The third-order valence-corrected chi connectivity index (χ3v) is 4.81. The molecule has 0 saturated carbocycles. The standard InChI is InChI=1S/C19H20F3N3O/c1-11-9-12(19(20,21)22)10-15(24-11)25-14-8-6-5-7-13(14)18(2,3)16(25)17(26)23-4/h5-10,16H,1-4H3,(H,23,26). The van der Waals surface area contributed by atoms with Crippen LogP contribution in [0.2, 0.25) is 0 Å². The Morgan fingerprint density at radius 2 is 1.88 bits per heavy atom. The minimum atomic E-state index is -4.49. The van der Waals surface area contributed by atoms with Crippen molar-refractivity contribution < 1.29 is 18.0 Å². The zero-order valence-corrected chi connectivity index (χ0v) is 15.0. The summed E-state index contributed by atoms with van der Waals surface area (Å²) in [4.78, 5) is 18.6. The summed E-state index contributed by atoms with van der Waals surface area (Å²) < 4.78 is 39.8. The van der Waals surface area contributed by atoms with Crippen LogP contribution in [0.1, 0.15) is 30.7 Å². The van der Waals surface area contributed by atoms with Crippen LogP contribution in [0.3, 0.4) is 0 Å². The van der Waals surface area contributed by atoms with Crippen LogP contribution in [0, 0.1) is 6.92 Å². The molecule has 4 nitrogen and oxygen atoms in total. The Labute approximate surface area is 150 Å². The molecule has 1 aliphatic heterocycles. The maximum atomic E-state index is 13.3. The first-order valence-corrected chi connectivity index (χ1v) is 8.23. The first-order valence-electron chi connectivity index (χ1n) is 8.23. The van der Waals surface area contributed by atoms with Gasteiger partial charge in [0.25, 0.3) is 0 Å². The van der Waals surface area contributed by atoms with E-state index >= 15 is 0 Å². The summed E-state index contributed by atoms with van der Waals surface area (Å²) >= 11 is 0. The van der Waals surface area contributed by atoms with Gasteiger partial charge >= 0.3 is 6.18 Å². The summed E-state index contributed by atoms with van der Waals surface area (Å²) in [5.74, 6) is -0.160. The number of carbonyl (C=O) groups excluding carboxylic acids is 1. The van der Waals surface area contributed by atoms with Crippen LogP contribution in [0.4, 0.5) is 24.7 Å². The lowest BCUT2D eigenvalue weighted by Crippen LogP contribution is -2.50. The van der Waals surface area contributed by atoms with Gasteiger partial charge in [-0.05, 0) is 30.7 Å². The van der Waals surface area contributed by atoms with Crippen LogP contribution in [-0.2, 0) is 16.4 Å². The fourth-order valence-electron chi connectivity index (χ4n) is 3.61. The van der Waals surface area contributed by atoms with E-state index in [-0.39, 0.29) is 17.4 Å². The quantitative estimate of drug-likeness (QED) is 0.879. The van der Waals surface area contributed by atoms with Gasteiger partial charge in [-0.3, -0.25) is 4.79 Å². The molecule has 0 spiro atoms. The lowest BCUT2D eigenvalue weighted by Gasteiger charge is -2.32. The number of nitrogens with one attached hydrogen (secondary N) is 1. The van der Waals surface area contributed by atoms with Gasteiger partial charge in [0, 0.05) is 23.8 Å². The Kier molecular flexibility index (Phi) is 4.21. The first-order chi connectivity index (χ1) is 12.1. The highest BCUT2D eigenvalue weighted by atomic mass is 19.4. The third kappa shape index (κ3) is 2.81. The number of halogens is 3. The number of aryl methyl sites for hydroxylation is 1. The van der Waals surface area contributed by atoms with Crippen molar-refractivity contribution in [1.82, 2.24) is 10.3 Å². The molecule has 0 fully saturated rings. The number of pyridine rings is 1. The van der Waals surface area contributed by atoms with Crippen LogP contribution < -0.4 is 10.2 Å². The third-order valence-electron chi connectivity index (χ3n) is 4.81. The van der Waals surface area contributed by atoms with Crippen LogP contribution >= 0.6 is 0 Å². The second-order valence-electron chi connectivity index (χ2n) is 6.98.